The van der Waals surface area contributed by atoms with Crippen LogP contribution >= 0.6 is 11.6 Å². The van der Waals surface area contributed by atoms with E-state index in [1.807, 2.05) is 25.1 Å². The molecular formula is C10H8ClNO. The summed E-state index contributed by atoms with van der Waals surface area (Å²) in [5, 5.41) is 4.40. The maximum absolute atomic E-state index is 5.98. The fourth-order valence-electron chi connectivity index (χ4n) is 1.12. The second kappa shape index (κ2) is 3.23. The Balaban J connectivity index is 2.49. The fourth-order valence-corrected chi connectivity index (χ4v) is 1.30. The van der Waals surface area contributed by atoms with Crippen molar-refractivity contribution in [3.05, 3.63) is 41.2 Å². The van der Waals surface area contributed by atoms with Crippen molar-refractivity contribution in [2.45, 2.75) is 6.92 Å². The first-order valence-corrected chi connectivity index (χ1v) is 4.31. The molecule has 0 N–H and O–H groups in total. The molecule has 0 fully saturated rings. The number of halogens is 1. The van der Waals surface area contributed by atoms with Crippen LogP contribution in [0.4, 0.5) is 0 Å². The van der Waals surface area contributed by atoms with E-state index in [9.17, 15) is 0 Å². The Kier molecular flexibility index (Phi) is 2.07. The molecule has 0 aliphatic heterocycles. The minimum atomic E-state index is 0.763. The molecule has 0 atom stereocenters. The highest BCUT2D eigenvalue weighted by Gasteiger charge is 2.01. The summed E-state index contributed by atoms with van der Waals surface area (Å²) >= 11 is 5.98. The molecular weight excluding hydrogens is 186 g/mol. The molecule has 2 aromatic rings. The average molecular weight is 194 g/mol. The van der Waals surface area contributed by atoms with Crippen molar-refractivity contribution in [1.29, 1.82) is 0 Å². The van der Waals surface area contributed by atoms with Crippen molar-refractivity contribution in [3.63, 3.8) is 0 Å². The predicted molar refractivity (Wildman–Crippen MR) is 51.7 cm³/mol. The molecule has 1 aromatic carbocycles. The van der Waals surface area contributed by atoms with Crippen molar-refractivity contribution >= 4 is 11.6 Å². The SMILES string of the molecule is Cc1ccc(-c2cnoc2)cc1Cl. The number of nitrogens with zero attached hydrogens (tertiary/aromatic N) is 1. The van der Waals surface area contributed by atoms with E-state index in [1.54, 1.807) is 12.5 Å². The molecule has 0 spiro atoms. The standard InChI is InChI=1S/C10H8ClNO/c1-7-2-3-8(4-10(7)11)9-5-12-13-6-9/h2-6H,1H3. The Bertz CT molecular complexity index is 409. The van der Waals surface area contributed by atoms with Gasteiger partial charge in [-0.1, -0.05) is 28.9 Å². The van der Waals surface area contributed by atoms with Crippen LogP contribution < -0.4 is 0 Å². The van der Waals surface area contributed by atoms with Crippen LogP contribution in [0.1, 0.15) is 5.56 Å². The molecule has 0 aliphatic carbocycles. The minimum Gasteiger partial charge on any atom is -0.364 e. The normalized spacial score (nSPS) is 10.3. The molecule has 0 unspecified atom stereocenters. The molecule has 2 nitrogen and oxygen atoms in total. The van der Waals surface area contributed by atoms with E-state index in [0.717, 1.165) is 21.7 Å². The maximum atomic E-state index is 5.98. The van der Waals surface area contributed by atoms with Crippen molar-refractivity contribution in [2.24, 2.45) is 0 Å². The van der Waals surface area contributed by atoms with Gasteiger partial charge in [-0.25, -0.2) is 0 Å². The molecule has 0 aliphatic rings. The number of benzene rings is 1. The largest absolute Gasteiger partial charge is 0.364 e. The van der Waals surface area contributed by atoms with Crippen molar-refractivity contribution < 1.29 is 4.52 Å². The summed E-state index contributed by atoms with van der Waals surface area (Å²) in [7, 11) is 0. The third kappa shape index (κ3) is 1.58. The fraction of sp³-hybridized carbons (Fsp3) is 0.100. The van der Waals surface area contributed by atoms with Gasteiger partial charge < -0.3 is 4.52 Å². The van der Waals surface area contributed by atoms with E-state index in [4.69, 9.17) is 16.1 Å². The highest BCUT2D eigenvalue weighted by Crippen LogP contribution is 2.24. The lowest BCUT2D eigenvalue weighted by Crippen LogP contribution is -1.77. The van der Waals surface area contributed by atoms with E-state index in [1.165, 1.54) is 0 Å². The molecule has 0 amide bonds. The molecule has 0 radical (unpaired) electrons. The Morgan fingerprint density at radius 3 is 2.77 bits per heavy atom. The van der Waals surface area contributed by atoms with Crippen molar-refractivity contribution in [3.8, 4) is 11.1 Å². The molecule has 66 valence electrons. The van der Waals surface area contributed by atoms with Gasteiger partial charge in [-0.15, -0.1) is 0 Å². The first kappa shape index (κ1) is 8.32. The first-order valence-electron chi connectivity index (χ1n) is 3.93. The Morgan fingerprint density at radius 2 is 2.15 bits per heavy atom. The van der Waals surface area contributed by atoms with Gasteiger partial charge in [-0.3, -0.25) is 0 Å². The van der Waals surface area contributed by atoms with Gasteiger partial charge in [0.15, 0.2) is 0 Å². The first-order chi connectivity index (χ1) is 6.27. The van der Waals surface area contributed by atoms with Gasteiger partial charge in [0.1, 0.15) is 6.26 Å². The van der Waals surface area contributed by atoms with Crippen LogP contribution in [0.15, 0.2) is 35.2 Å². The zero-order chi connectivity index (χ0) is 9.26. The van der Waals surface area contributed by atoms with Gasteiger partial charge in [0, 0.05) is 10.6 Å². The van der Waals surface area contributed by atoms with Crippen molar-refractivity contribution in [2.75, 3.05) is 0 Å². The van der Waals surface area contributed by atoms with E-state index in [2.05, 4.69) is 5.16 Å². The zero-order valence-electron chi connectivity index (χ0n) is 7.12. The van der Waals surface area contributed by atoms with E-state index in [-0.39, 0.29) is 0 Å². The summed E-state index contributed by atoms with van der Waals surface area (Å²) in [6, 6.07) is 5.88. The second-order valence-corrected chi connectivity index (χ2v) is 3.28. The van der Waals surface area contributed by atoms with Crippen LogP contribution in [0.2, 0.25) is 5.02 Å². The summed E-state index contributed by atoms with van der Waals surface area (Å²) in [4.78, 5) is 0. The Hall–Kier alpha value is -1.28. The number of rotatable bonds is 1. The number of hydrogen-bond donors (Lipinski definition) is 0. The average Bonchev–Trinajstić information content (AvgIpc) is 2.62. The van der Waals surface area contributed by atoms with Gasteiger partial charge in [0.25, 0.3) is 0 Å². The van der Waals surface area contributed by atoms with Crippen LogP contribution in [-0.4, -0.2) is 5.16 Å². The molecule has 1 heterocycles. The minimum absolute atomic E-state index is 0.763. The van der Waals surface area contributed by atoms with E-state index in [0.29, 0.717) is 0 Å². The van der Waals surface area contributed by atoms with Crippen LogP contribution in [-0.2, 0) is 0 Å². The Labute approximate surface area is 81.1 Å². The monoisotopic (exact) mass is 193 g/mol. The summed E-state index contributed by atoms with van der Waals surface area (Å²) in [6.07, 6.45) is 3.27. The predicted octanol–water partition coefficient (Wildman–Crippen LogP) is 3.30. The van der Waals surface area contributed by atoms with Gasteiger partial charge in [-0.2, -0.15) is 0 Å². The molecule has 0 saturated heterocycles. The molecule has 3 heteroatoms. The second-order valence-electron chi connectivity index (χ2n) is 2.88. The highest BCUT2D eigenvalue weighted by molar-refractivity contribution is 6.31. The Morgan fingerprint density at radius 1 is 1.31 bits per heavy atom. The van der Waals surface area contributed by atoms with Crippen LogP contribution in [0.25, 0.3) is 11.1 Å². The molecule has 2 rings (SSSR count). The van der Waals surface area contributed by atoms with Gasteiger partial charge >= 0.3 is 0 Å². The summed E-state index contributed by atoms with van der Waals surface area (Å²) in [5.74, 6) is 0. The molecule has 1 aromatic heterocycles. The maximum Gasteiger partial charge on any atom is 0.131 e. The molecule has 0 bridgehead atoms. The third-order valence-corrected chi connectivity index (χ3v) is 2.34. The lowest BCUT2D eigenvalue weighted by atomic mass is 10.1. The topological polar surface area (TPSA) is 26.0 Å². The number of hydrogen-bond acceptors (Lipinski definition) is 2. The zero-order valence-corrected chi connectivity index (χ0v) is 7.88. The van der Waals surface area contributed by atoms with Crippen LogP contribution in [0.5, 0.6) is 0 Å². The lowest BCUT2D eigenvalue weighted by Gasteiger charge is -1.99. The van der Waals surface area contributed by atoms with Gasteiger partial charge in [-0.05, 0) is 24.1 Å². The molecule has 13 heavy (non-hydrogen) atoms. The van der Waals surface area contributed by atoms with E-state index < -0.39 is 0 Å². The summed E-state index contributed by atoms with van der Waals surface area (Å²) in [5.41, 5.74) is 3.04. The summed E-state index contributed by atoms with van der Waals surface area (Å²) < 4.78 is 4.75. The smallest absolute Gasteiger partial charge is 0.131 e. The van der Waals surface area contributed by atoms with Crippen LogP contribution in [0.3, 0.4) is 0 Å². The lowest BCUT2D eigenvalue weighted by molar-refractivity contribution is 0.420. The molecule has 0 saturated carbocycles. The van der Waals surface area contributed by atoms with Crippen LogP contribution in [0, 0.1) is 6.92 Å². The third-order valence-electron chi connectivity index (χ3n) is 1.94. The summed E-state index contributed by atoms with van der Waals surface area (Å²) in [6.45, 7) is 1.97. The quantitative estimate of drug-likeness (QED) is 0.695. The van der Waals surface area contributed by atoms with Gasteiger partial charge in [0.2, 0.25) is 0 Å². The number of aromatic nitrogens is 1. The highest BCUT2D eigenvalue weighted by atomic mass is 35.5. The van der Waals surface area contributed by atoms with E-state index >= 15 is 0 Å². The number of aryl methyl sites for hydroxylation is 1. The van der Waals surface area contributed by atoms with Crippen molar-refractivity contribution in [1.82, 2.24) is 5.16 Å². The van der Waals surface area contributed by atoms with Gasteiger partial charge in [0.05, 0.1) is 6.20 Å².